The second-order valence-corrected chi connectivity index (χ2v) is 10.7. The highest BCUT2D eigenvalue weighted by molar-refractivity contribution is 5.88. The first-order chi connectivity index (χ1) is 20.1. The normalized spacial score (nSPS) is 14.5. The third kappa shape index (κ3) is 6.26. The molecule has 2 N–H and O–H groups in total. The van der Waals surface area contributed by atoms with Crippen LogP contribution < -0.4 is 10.2 Å². The summed E-state index contributed by atoms with van der Waals surface area (Å²) in [5.74, 6) is 1.49. The molecular formula is C33H38ClN7O. The SMILES string of the molecule is Cc1cccc(N2CCN(CC(O)CCNc3ncnc4c3nc(-c3ccccc3)n4-c3ccccc3)CC2)c1C.Cl. The highest BCUT2D eigenvalue weighted by Gasteiger charge is 2.22. The van der Waals surface area contributed by atoms with Crippen molar-refractivity contribution in [2.45, 2.75) is 26.4 Å². The van der Waals surface area contributed by atoms with Gasteiger partial charge in [0.05, 0.1) is 6.10 Å². The fourth-order valence-electron chi connectivity index (χ4n) is 5.62. The summed E-state index contributed by atoms with van der Waals surface area (Å²) in [4.78, 5) is 19.0. The summed E-state index contributed by atoms with van der Waals surface area (Å²) in [5.41, 5.74) is 7.48. The van der Waals surface area contributed by atoms with E-state index >= 15 is 0 Å². The van der Waals surface area contributed by atoms with Crippen molar-refractivity contribution in [2.75, 3.05) is 49.5 Å². The summed E-state index contributed by atoms with van der Waals surface area (Å²) in [7, 11) is 0. The molecule has 2 aromatic heterocycles. The molecule has 8 nitrogen and oxygen atoms in total. The molecule has 42 heavy (non-hydrogen) atoms. The van der Waals surface area contributed by atoms with Crippen LogP contribution in [0.1, 0.15) is 17.5 Å². The topological polar surface area (TPSA) is 82.3 Å². The van der Waals surface area contributed by atoms with Gasteiger partial charge in [0.1, 0.15) is 12.2 Å². The van der Waals surface area contributed by atoms with E-state index in [0.29, 0.717) is 30.8 Å². The minimum atomic E-state index is -0.422. The summed E-state index contributed by atoms with van der Waals surface area (Å²) in [6, 6.07) is 26.8. The Kier molecular flexibility index (Phi) is 9.37. The summed E-state index contributed by atoms with van der Waals surface area (Å²) < 4.78 is 2.07. The molecule has 1 atom stereocenters. The van der Waals surface area contributed by atoms with Gasteiger partial charge in [0.2, 0.25) is 0 Å². The average molecular weight is 584 g/mol. The number of benzene rings is 3. The Morgan fingerprint density at radius 3 is 2.31 bits per heavy atom. The van der Waals surface area contributed by atoms with Crippen molar-refractivity contribution in [1.82, 2.24) is 24.4 Å². The van der Waals surface area contributed by atoms with Gasteiger partial charge in [-0.15, -0.1) is 12.4 Å². The van der Waals surface area contributed by atoms with Gasteiger partial charge in [0.15, 0.2) is 17.0 Å². The van der Waals surface area contributed by atoms with Crippen LogP contribution in [0.25, 0.3) is 28.2 Å². The van der Waals surface area contributed by atoms with Gasteiger partial charge in [-0.3, -0.25) is 9.47 Å². The number of rotatable bonds is 9. The fraction of sp³-hybridized carbons (Fsp3) is 0.303. The molecule has 0 amide bonds. The highest BCUT2D eigenvalue weighted by atomic mass is 35.5. The number of nitrogens with zero attached hydrogens (tertiary/aromatic N) is 6. The zero-order valence-corrected chi connectivity index (χ0v) is 25.0. The smallest absolute Gasteiger partial charge is 0.170 e. The lowest BCUT2D eigenvalue weighted by molar-refractivity contribution is 0.105. The van der Waals surface area contributed by atoms with Crippen molar-refractivity contribution in [1.29, 1.82) is 0 Å². The number of para-hydroxylation sites is 1. The molecule has 218 valence electrons. The summed E-state index contributed by atoms with van der Waals surface area (Å²) in [5, 5.41) is 14.3. The van der Waals surface area contributed by atoms with Gasteiger partial charge in [-0.25, -0.2) is 15.0 Å². The lowest BCUT2D eigenvalue weighted by Gasteiger charge is -2.37. The molecule has 0 saturated carbocycles. The summed E-state index contributed by atoms with van der Waals surface area (Å²) >= 11 is 0. The van der Waals surface area contributed by atoms with Crippen molar-refractivity contribution in [3.8, 4) is 17.1 Å². The zero-order valence-electron chi connectivity index (χ0n) is 24.1. The first-order valence-corrected chi connectivity index (χ1v) is 14.4. The Morgan fingerprint density at radius 1 is 0.857 bits per heavy atom. The molecule has 0 radical (unpaired) electrons. The summed E-state index contributed by atoms with van der Waals surface area (Å²) in [6.45, 7) is 9.48. The van der Waals surface area contributed by atoms with Crippen molar-refractivity contribution in [2.24, 2.45) is 0 Å². The molecule has 6 rings (SSSR count). The quantitative estimate of drug-likeness (QED) is 0.237. The number of aryl methyl sites for hydroxylation is 1. The predicted octanol–water partition coefficient (Wildman–Crippen LogP) is 5.51. The standard InChI is InChI=1S/C33H37N7O.ClH/c1-24-10-9-15-29(25(24)2)39-20-18-38(19-21-39)22-28(41)16-17-34-31-30-33(36-23-35-31)40(27-13-7-4-8-14-27)32(37-30)26-11-5-3-6-12-26;/h3-15,23,28,41H,16-22H2,1-2H3,(H,34,35,36);1H. The molecule has 1 unspecified atom stereocenters. The van der Waals surface area contributed by atoms with Crippen LogP contribution in [0, 0.1) is 13.8 Å². The molecule has 5 aromatic rings. The lowest BCUT2D eigenvalue weighted by atomic mass is 10.1. The van der Waals surface area contributed by atoms with Crippen LogP contribution in [-0.2, 0) is 0 Å². The van der Waals surface area contributed by atoms with Crippen molar-refractivity contribution in [3.63, 3.8) is 0 Å². The Labute approximate surface area is 253 Å². The van der Waals surface area contributed by atoms with Crippen molar-refractivity contribution in [3.05, 3.63) is 96.3 Å². The van der Waals surface area contributed by atoms with E-state index in [-0.39, 0.29) is 12.4 Å². The molecule has 1 fully saturated rings. The van der Waals surface area contributed by atoms with E-state index in [9.17, 15) is 5.11 Å². The van der Waals surface area contributed by atoms with Crippen LogP contribution >= 0.6 is 12.4 Å². The molecule has 1 aliphatic rings. The van der Waals surface area contributed by atoms with Crippen LogP contribution in [0.3, 0.4) is 0 Å². The van der Waals surface area contributed by atoms with E-state index in [1.165, 1.54) is 16.8 Å². The van der Waals surface area contributed by atoms with Crippen LogP contribution in [0.2, 0.25) is 0 Å². The number of hydrogen-bond acceptors (Lipinski definition) is 7. The molecule has 1 aliphatic heterocycles. The van der Waals surface area contributed by atoms with Crippen molar-refractivity contribution >= 4 is 35.1 Å². The number of hydrogen-bond donors (Lipinski definition) is 2. The van der Waals surface area contributed by atoms with Crippen LogP contribution in [0.5, 0.6) is 0 Å². The van der Waals surface area contributed by atoms with E-state index in [1.807, 2.05) is 36.4 Å². The number of nitrogens with one attached hydrogen (secondary N) is 1. The van der Waals surface area contributed by atoms with E-state index < -0.39 is 6.10 Å². The number of β-amino-alcohol motifs (C(OH)–C–C–N with tert-alkyl or cyclic N) is 1. The first kappa shape index (κ1) is 29.5. The third-order valence-electron chi connectivity index (χ3n) is 8.02. The summed E-state index contributed by atoms with van der Waals surface area (Å²) in [6.07, 6.45) is 1.77. The number of fused-ring (bicyclic) bond motifs is 1. The minimum absolute atomic E-state index is 0. The molecule has 1 saturated heterocycles. The van der Waals surface area contributed by atoms with Crippen LogP contribution in [0.15, 0.2) is 85.2 Å². The molecule has 9 heteroatoms. The number of aliphatic hydroxyl groups excluding tert-OH is 1. The molecule has 0 spiro atoms. The predicted molar refractivity (Wildman–Crippen MR) is 173 cm³/mol. The van der Waals surface area contributed by atoms with Gasteiger partial charge in [0, 0.05) is 56.2 Å². The second kappa shape index (κ2) is 13.3. The number of aliphatic hydroxyl groups is 1. The number of piperazine rings is 1. The number of anilines is 2. The molecular weight excluding hydrogens is 546 g/mol. The van der Waals surface area contributed by atoms with Crippen LogP contribution in [-0.4, -0.2) is 74.9 Å². The zero-order chi connectivity index (χ0) is 28.2. The highest BCUT2D eigenvalue weighted by Crippen LogP contribution is 2.30. The maximum absolute atomic E-state index is 10.9. The van der Waals surface area contributed by atoms with Gasteiger partial charge in [-0.05, 0) is 49.6 Å². The Bertz CT molecular complexity index is 1600. The van der Waals surface area contributed by atoms with E-state index in [0.717, 1.165) is 48.9 Å². The van der Waals surface area contributed by atoms with Gasteiger partial charge in [-0.2, -0.15) is 0 Å². The number of halogens is 1. The first-order valence-electron chi connectivity index (χ1n) is 14.4. The maximum atomic E-state index is 10.9. The van der Waals surface area contributed by atoms with Crippen molar-refractivity contribution < 1.29 is 5.11 Å². The van der Waals surface area contributed by atoms with E-state index in [2.05, 4.69) is 86.0 Å². The number of aromatic nitrogens is 4. The Hall–Kier alpha value is -3.98. The fourth-order valence-corrected chi connectivity index (χ4v) is 5.62. The molecule has 3 heterocycles. The number of imidazole rings is 1. The van der Waals surface area contributed by atoms with E-state index in [1.54, 1.807) is 6.33 Å². The third-order valence-corrected chi connectivity index (χ3v) is 8.02. The van der Waals surface area contributed by atoms with Gasteiger partial charge >= 0.3 is 0 Å². The Balaban J connectivity index is 0.00000353. The Morgan fingerprint density at radius 2 is 1.57 bits per heavy atom. The monoisotopic (exact) mass is 583 g/mol. The minimum Gasteiger partial charge on any atom is -0.392 e. The maximum Gasteiger partial charge on any atom is 0.170 e. The average Bonchev–Trinajstić information content (AvgIpc) is 3.41. The largest absolute Gasteiger partial charge is 0.392 e. The van der Waals surface area contributed by atoms with Gasteiger partial charge in [0.25, 0.3) is 0 Å². The molecule has 0 bridgehead atoms. The van der Waals surface area contributed by atoms with Gasteiger partial charge in [-0.1, -0.05) is 60.7 Å². The van der Waals surface area contributed by atoms with E-state index in [4.69, 9.17) is 4.98 Å². The second-order valence-electron chi connectivity index (χ2n) is 10.7. The van der Waals surface area contributed by atoms with Crippen LogP contribution in [0.4, 0.5) is 11.5 Å². The lowest BCUT2D eigenvalue weighted by Crippen LogP contribution is -2.49. The molecule has 3 aromatic carbocycles. The molecule has 0 aliphatic carbocycles. The van der Waals surface area contributed by atoms with Gasteiger partial charge < -0.3 is 15.3 Å².